The molecule has 20 heavy (non-hydrogen) atoms. The Balaban J connectivity index is 2.07. The maximum Gasteiger partial charge on any atom is 0.338 e. The summed E-state index contributed by atoms with van der Waals surface area (Å²) in [6.45, 7) is 3.80. The van der Waals surface area contributed by atoms with Crippen molar-refractivity contribution in [1.82, 2.24) is 10.6 Å². The molecule has 0 spiro atoms. The van der Waals surface area contributed by atoms with Gasteiger partial charge in [0.15, 0.2) is 5.11 Å². The van der Waals surface area contributed by atoms with Crippen LogP contribution in [0.1, 0.15) is 31.9 Å². The summed E-state index contributed by atoms with van der Waals surface area (Å²) >= 11 is 5.26. The van der Waals surface area contributed by atoms with E-state index in [1.807, 2.05) is 44.2 Å². The van der Waals surface area contributed by atoms with Crippen LogP contribution in [0.5, 0.6) is 0 Å². The molecule has 0 aromatic heterocycles. The van der Waals surface area contributed by atoms with E-state index in [1.54, 1.807) is 0 Å². The highest BCUT2D eigenvalue weighted by molar-refractivity contribution is 7.80. The molecule has 1 atom stereocenters. The van der Waals surface area contributed by atoms with Crippen molar-refractivity contribution in [2.75, 3.05) is 0 Å². The number of hydrogen-bond donors (Lipinski definition) is 2. The first-order chi connectivity index (χ1) is 9.46. The van der Waals surface area contributed by atoms with E-state index in [0.717, 1.165) is 11.3 Å². The summed E-state index contributed by atoms with van der Waals surface area (Å²) in [5.41, 5.74) is 1.99. The second-order valence-electron chi connectivity index (χ2n) is 5.66. The molecule has 0 fully saturated rings. The highest BCUT2D eigenvalue weighted by Gasteiger charge is 2.40. The van der Waals surface area contributed by atoms with Gasteiger partial charge >= 0.3 is 5.97 Å². The summed E-state index contributed by atoms with van der Waals surface area (Å²) in [7, 11) is 0. The first-order valence-corrected chi connectivity index (χ1v) is 6.96. The smallest absolute Gasteiger partial charge is 0.338 e. The molecule has 2 aliphatic heterocycles. The third-order valence-electron chi connectivity index (χ3n) is 3.48. The average Bonchev–Trinajstić information content (AvgIpc) is 2.36. The van der Waals surface area contributed by atoms with Crippen molar-refractivity contribution >= 4 is 23.3 Å². The van der Waals surface area contributed by atoms with Gasteiger partial charge in [-0.2, -0.15) is 0 Å². The molecule has 0 bridgehead atoms. The molecule has 1 unspecified atom stereocenters. The molecule has 0 aliphatic carbocycles. The van der Waals surface area contributed by atoms with Crippen molar-refractivity contribution in [3.8, 4) is 0 Å². The fourth-order valence-electron chi connectivity index (χ4n) is 2.66. The zero-order valence-electron chi connectivity index (χ0n) is 11.4. The Kier molecular flexibility index (Phi) is 3.01. The van der Waals surface area contributed by atoms with E-state index >= 15 is 0 Å². The molecule has 2 heterocycles. The highest BCUT2D eigenvalue weighted by Crippen LogP contribution is 2.36. The Morgan fingerprint density at radius 2 is 2.00 bits per heavy atom. The summed E-state index contributed by atoms with van der Waals surface area (Å²) in [6, 6.07) is 9.54. The molecule has 4 nitrogen and oxygen atoms in total. The van der Waals surface area contributed by atoms with E-state index in [4.69, 9.17) is 17.0 Å². The van der Waals surface area contributed by atoms with Crippen molar-refractivity contribution in [3.63, 3.8) is 0 Å². The minimum Gasteiger partial charge on any atom is -0.456 e. The van der Waals surface area contributed by atoms with Crippen LogP contribution in [0.2, 0.25) is 0 Å². The molecular formula is C15H16N2O2S. The van der Waals surface area contributed by atoms with Crippen LogP contribution < -0.4 is 10.6 Å². The predicted molar refractivity (Wildman–Crippen MR) is 79.9 cm³/mol. The van der Waals surface area contributed by atoms with Crippen LogP contribution in [0.25, 0.3) is 0 Å². The number of rotatable bonds is 1. The summed E-state index contributed by atoms with van der Waals surface area (Å²) in [5.74, 6) is -0.285. The zero-order valence-corrected chi connectivity index (χ0v) is 12.2. The van der Waals surface area contributed by atoms with Crippen LogP contribution in [-0.4, -0.2) is 16.7 Å². The lowest BCUT2D eigenvalue weighted by molar-refractivity contribution is -0.154. The van der Waals surface area contributed by atoms with Crippen molar-refractivity contribution in [1.29, 1.82) is 0 Å². The summed E-state index contributed by atoms with van der Waals surface area (Å²) in [4.78, 5) is 12.3. The second kappa shape index (κ2) is 4.59. The number of carbonyl (C=O) groups excluding carboxylic acids is 1. The molecule has 1 aromatic carbocycles. The Hall–Kier alpha value is -1.88. The minimum absolute atomic E-state index is 0.247. The zero-order chi connectivity index (χ0) is 14.3. The monoisotopic (exact) mass is 288 g/mol. The van der Waals surface area contributed by atoms with Crippen molar-refractivity contribution < 1.29 is 9.53 Å². The van der Waals surface area contributed by atoms with Crippen LogP contribution >= 0.6 is 12.2 Å². The maximum atomic E-state index is 12.3. The molecule has 0 radical (unpaired) electrons. The van der Waals surface area contributed by atoms with Gasteiger partial charge in [-0.05, 0) is 31.6 Å². The summed E-state index contributed by atoms with van der Waals surface area (Å²) in [6.07, 6.45) is 0.638. The molecule has 104 valence electrons. The van der Waals surface area contributed by atoms with Gasteiger partial charge < -0.3 is 15.4 Å². The second-order valence-corrected chi connectivity index (χ2v) is 6.07. The van der Waals surface area contributed by atoms with Crippen LogP contribution in [0, 0.1) is 0 Å². The minimum atomic E-state index is -0.503. The molecular weight excluding hydrogens is 272 g/mol. The van der Waals surface area contributed by atoms with Crippen molar-refractivity contribution in [2.45, 2.75) is 31.9 Å². The van der Waals surface area contributed by atoms with Gasteiger partial charge in [0.25, 0.3) is 0 Å². The number of cyclic esters (lactones) is 1. The lowest BCUT2D eigenvalue weighted by Gasteiger charge is -2.39. The van der Waals surface area contributed by atoms with Gasteiger partial charge in [0.2, 0.25) is 0 Å². The number of thiocarbonyl (C=S) groups is 1. The molecule has 2 aliphatic rings. The SMILES string of the molecule is CC1(C)CC2=C(C(=O)O1)C(c1ccccc1)NC(=S)N2. The molecule has 5 heteroatoms. The third kappa shape index (κ3) is 2.29. The van der Waals surface area contributed by atoms with Gasteiger partial charge in [0, 0.05) is 12.1 Å². The van der Waals surface area contributed by atoms with Gasteiger partial charge in [-0.3, -0.25) is 0 Å². The van der Waals surface area contributed by atoms with Crippen molar-refractivity contribution in [3.05, 3.63) is 47.2 Å². The summed E-state index contributed by atoms with van der Waals surface area (Å²) in [5, 5.41) is 6.80. The quantitative estimate of drug-likeness (QED) is 0.613. The van der Waals surface area contributed by atoms with Crippen LogP contribution in [0.4, 0.5) is 0 Å². The van der Waals surface area contributed by atoms with Crippen LogP contribution in [-0.2, 0) is 9.53 Å². The van der Waals surface area contributed by atoms with E-state index in [9.17, 15) is 4.79 Å². The molecule has 3 rings (SSSR count). The fourth-order valence-corrected chi connectivity index (χ4v) is 2.90. The van der Waals surface area contributed by atoms with Gasteiger partial charge in [-0.15, -0.1) is 0 Å². The number of esters is 1. The summed E-state index contributed by atoms with van der Waals surface area (Å²) < 4.78 is 5.51. The van der Waals surface area contributed by atoms with Crippen LogP contribution in [0.15, 0.2) is 41.6 Å². The van der Waals surface area contributed by atoms with Crippen LogP contribution in [0.3, 0.4) is 0 Å². The van der Waals surface area contributed by atoms with Crippen molar-refractivity contribution in [2.24, 2.45) is 0 Å². The third-order valence-corrected chi connectivity index (χ3v) is 3.70. The van der Waals surface area contributed by atoms with Gasteiger partial charge in [0.1, 0.15) is 5.60 Å². The Labute approximate surface area is 123 Å². The molecule has 0 saturated carbocycles. The number of hydrogen-bond acceptors (Lipinski definition) is 3. The number of benzene rings is 1. The lowest BCUT2D eigenvalue weighted by Crippen LogP contribution is -2.50. The Morgan fingerprint density at radius 3 is 2.70 bits per heavy atom. The van der Waals surface area contributed by atoms with E-state index in [0.29, 0.717) is 17.1 Å². The largest absolute Gasteiger partial charge is 0.456 e. The molecule has 2 N–H and O–H groups in total. The first kappa shape index (κ1) is 13.1. The topological polar surface area (TPSA) is 50.4 Å². The number of ether oxygens (including phenoxy) is 1. The Bertz CT molecular complexity index is 608. The lowest BCUT2D eigenvalue weighted by atomic mass is 9.88. The van der Waals surface area contributed by atoms with E-state index < -0.39 is 5.60 Å². The predicted octanol–water partition coefficient (Wildman–Crippen LogP) is 2.19. The van der Waals surface area contributed by atoms with E-state index in [2.05, 4.69) is 10.6 Å². The van der Waals surface area contributed by atoms with Gasteiger partial charge in [0.05, 0.1) is 11.6 Å². The normalized spacial score (nSPS) is 24.4. The standard InChI is InChI=1S/C15H16N2O2S/c1-15(2)8-10-11(13(18)19-15)12(17-14(20)16-10)9-6-4-3-5-7-9/h3-7,12H,8H2,1-2H3,(H2,16,17,20). The highest BCUT2D eigenvalue weighted by atomic mass is 32.1. The maximum absolute atomic E-state index is 12.3. The van der Waals surface area contributed by atoms with E-state index in [1.165, 1.54) is 0 Å². The first-order valence-electron chi connectivity index (χ1n) is 6.55. The van der Waals surface area contributed by atoms with Gasteiger partial charge in [-0.25, -0.2) is 4.79 Å². The number of nitrogens with one attached hydrogen (secondary N) is 2. The average molecular weight is 288 g/mol. The molecule has 1 aromatic rings. The molecule has 0 amide bonds. The van der Waals surface area contributed by atoms with E-state index in [-0.39, 0.29) is 12.0 Å². The Morgan fingerprint density at radius 1 is 1.30 bits per heavy atom. The number of carbonyl (C=O) groups is 1. The molecule has 0 saturated heterocycles. The fraction of sp³-hybridized carbons (Fsp3) is 0.333. The van der Waals surface area contributed by atoms with Gasteiger partial charge in [-0.1, -0.05) is 30.3 Å².